The van der Waals surface area contributed by atoms with Gasteiger partial charge in [0.2, 0.25) is 5.91 Å². The third kappa shape index (κ3) is 3.46. The fourth-order valence-corrected chi connectivity index (χ4v) is 3.06. The number of rotatable bonds is 4. The zero-order valence-corrected chi connectivity index (χ0v) is 14.7. The van der Waals surface area contributed by atoms with Crippen molar-refractivity contribution < 1.29 is 18.4 Å². The lowest BCUT2D eigenvalue weighted by Crippen LogP contribution is -2.37. The molecule has 0 unspecified atom stereocenters. The molecular weight excluding hydrogens is 363 g/mol. The van der Waals surface area contributed by atoms with Crippen molar-refractivity contribution in [3.63, 3.8) is 0 Å². The van der Waals surface area contributed by atoms with Crippen LogP contribution in [0.3, 0.4) is 0 Å². The van der Waals surface area contributed by atoms with Crippen molar-refractivity contribution in [2.45, 2.75) is 12.8 Å². The average molecular weight is 378 g/mol. The number of amides is 1. The number of Topliss-reactive ketones (excluding diaryl/α,β-unsaturated/α-hetero) is 1. The second-order valence-electron chi connectivity index (χ2n) is 6.42. The van der Waals surface area contributed by atoms with Gasteiger partial charge in [-0.1, -0.05) is 30.3 Å². The Hall–Kier alpha value is -3.61. The standard InChI is InChI=1S/C21H15FN2O4/c22-15-7-6-14-10-16(21(27)28-19(14)11-15)18(25)12-24-20(26)9-8-17(23-24)13-4-2-1-3-5-13/h1-7,10-11H,8-9,12H2. The minimum Gasteiger partial charge on any atom is -0.422 e. The molecule has 1 aliphatic rings. The summed E-state index contributed by atoms with van der Waals surface area (Å²) in [5, 5.41) is 5.80. The maximum absolute atomic E-state index is 13.3. The van der Waals surface area contributed by atoms with Crippen LogP contribution in [0, 0.1) is 5.82 Å². The van der Waals surface area contributed by atoms with Gasteiger partial charge in [0.1, 0.15) is 23.5 Å². The Labute approximate surface area is 158 Å². The maximum Gasteiger partial charge on any atom is 0.347 e. The molecule has 6 nitrogen and oxygen atoms in total. The molecule has 0 spiro atoms. The van der Waals surface area contributed by atoms with Crippen LogP contribution in [-0.2, 0) is 4.79 Å². The summed E-state index contributed by atoms with van der Waals surface area (Å²) in [5.41, 5.74) is 0.558. The predicted octanol–water partition coefficient (Wildman–Crippen LogP) is 3.14. The average Bonchev–Trinajstić information content (AvgIpc) is 2.69. The van der Waals surface area contributed by atoms with Crippen LogP contribution >= 0.6 is 0 Å². The van der Waals surface area contributed by atoms with Gasteiger partial charge in [0.25, 0.3) is 0 Å². The SMILES string of the molecule is O=C(CN1N=C(c2ccccc2)CCC1=O)c1cc2ccc(F)cc2oc1=O. The second kappa shape index (κ2) is 7.19. The lowest BCUT2D eigenvalue weighted by molar-refractivity contribution is -0.131. The van der Waals surface area contributed by atoms with Crippen LogP contribution in [0.5, 0.6) is 0 Å². The van der Waals surface area contributed by atoms with E-state index in [9.17, 15) is 18.8 Å². The van der Waals surface area contributed by atoms with Crippen molar-refractivity contribution in [1.29, 1.82) is 0 Å². The van der Waals surface area contributed by atoms with Gasteiger partial charge in [-0.2, -0.15) is 5.10 Å². The van der Waals surface area contributed by atoms with Crippen molar-refractivity contribution in [2.75, 3.05) is 6.54 Å². The molecule has 1 aliphatic heterocycles. The van der Waals surface area contributed by atoms with Gasteiger partial charge in [-0.15, -0.1) is 0 Å². The predicted molar refractivity (Wildman–Crippen MR) is 101 cm³/mol. The molecule has 1 amide bonds. The minimum absolute atomic E-state index is 0.0555. The van der Waals surface area contributed by atoms with Crippen LogP contribution in [0.25, 0.3) is 11.0 Å². The van der Waals surface area contributed by atoms with Crippen LogP contribution < -0.4 is 5.63 Å². The van der Waals surface area contributed by atoms with Crippen molar-refractivity contribution in [2.24, 2.45) is 5.10 Å². The Morgan fingerprint density at radius 2 is 1.86 bits per heavy atom. The molecule has 2 heterocycles. The highest BCUT2D eigenvalue weighted by atomic mass is 19.1. The Morgan fingerprint density at radius 3 is 2.64 bits per heavy atom. The number of nitrogens with zero attached hydrogens (tertiary/aromatic N) is 2. The van der Waals surface area contributed by atoms with Gasteiger partial charge in [0.05, 0.1) is 5.71 Å². The van der Waals surface area contributed by atoms with Gasteiger partial charge >= 0.3 is 5.63 Å². The van der Waals surface area contributed by atoms with E-state index < -0.39 is 17.2 Å². The highest BCUT2D eigenvalue weighted by Crippen LogP contribution is 2.18. The van der Waals surface area contributed by atoms with Crippen LogP contribution in [-0.4, -0.2) is 29.0 Å². The molecule has 0 bridgehead atoms. The van der Waals surface area contributed by atoms with E-state index in [1.807, 2.05) is 30.3 Å². The number of halogens is 1. The molecular formula is C21H15FN2O4. The molecule has 0 N–H and O–H groups in total. The molecule has 4 rings (SSSR count). The number of benzene rings is 2. The number of ketones is 1. The molecule has 140 valence electrons. The molecule has 0 fully saturated rings. The third-order valence-electron chi connectivity index (χ3n) is 4.50. The summed E-state index contributed by atoms with van der Waals surface area (Å²) in [6.07, 6.45) is 0.712. The van der Waals surface area contributed by atoms with E-state index in [-0.39, 0.29) is 30.0 Å². The summed E-state index contributed by atoms with van der Waals surface area (Å²) in [7, 11) is 0. The lowest BCUT2D eigenvalue weighted by atomic mass is 10.0. The van der Waals surface area contributed by atoms with E-state index in [1.165, 1.54) is 18.2 Å². The highest BCUT2D eigenvalue weighted by Gasteiger charge is 2.25. The van der Waals surface area contributed by atoms with Gasteiger partial charge in [-0.25, -0.2) is 14.2 Å². The normalized spacial score (nSPS) is 14.2. The van der Waals surface area contributed by atoms with Crippen molar-refractivity contribution in [3.05, 3.63) is 82.0 Å². The van der Waals surface area contributed by atoms with E-state index in [1.54, 1.807) is 0 Å². The van der Waals surface area contributed by atoms with Crippen LogP contribution in [0.4, 0.5) is 4.39 Å². The highest BCUT2D eigenvalue weighted by molar-refractivity contribution is 6.06. The molecule has 0 aliphatic carbocycles. The first-order chi connectivity index (χ1) is 13.5. The third-order valence-corrected chi connectivity index (χ3v) is 4.50. The Morgan fingerprint density at radius 1 is 1.07 bits per heavy atom. The lowest BCUT2D eigenvalue weighted by Gasteiger charge is -2.23. The summed E-state index contributed by atoms with van der Waals surface area (Å²) in [6, 6.07) is 14.4. The number of hydrogen-bond donors (Lipinski definition) is 0. The largest absolute Gasteiger partial charge is 0.422 e. The molecule has 1 aromatic heterocycles. The second-order valence-corrected chi connectivity index (χ2v) is 6.42. The molecule has 28 heavy (non-hydrogen) atoms. The van der Waals surface area contributed by atoms with E-state index >= 15 is 0 Å². The minimum atomic E-state index is -0.875. The number of carbonyl (C=O) groups is 2. The fourth-order valence-electron chi connectivity index (χ4n) is 3.06. The molecule has 0 atom stereocenters. The summed E-state index contributed by atoms with van der Waals surface area (Å²) in [6.45, 7) is -0.368. The Kier molecular flexibility index (Phi) is 4.57. The molecule has 3 aromatic rings. The number of hydrazone groups is 1. The van der Waals surface area contributed by atoms with Gasteiger partial charge in [0.15, 0.2) is 5.78 Å². The van der Waals surface area contributed by atoms with Gasteiger partial charge in [-0.3, -0.25) is 9.59 Å². The van der Waals surface area contributed by atoms with E-state index in [0.717, 1.165) is 16.6 Å². The summed E-state index contributed by atoms with van der Waals surface area (Å²) in [4.78, 5) is 37.0. The molecule has 0 saturated heterocycles. The van der Waals surface area contributed by atoms with Gasteiger partial charge in [0, 0.05) is 24.3 Å². The Bertz CT molecular complexity index is 1170. The zero-order valence-electron chi connectivity index (χ0n) is 14.7. The van der Waals surface area contributed by atoms with Gasteiger partial charge < -0.3 is 4.42 Å². The monoisotopic (exact) mass is 378 g/mol. The smallest absolute Gasteiger partial charge is 0.347 e. The van der Waals surface area contributed by atoms with E-state index in [2.05, 4.69) is 5.10 Å². The van der Waals surface area contributed by atoms with Crippen molar-refractivity contribution >= 4 is 28.4 Å². The summed E-state index contributed by atoms with van der Waals surface area (Å²) >= 11 is 0. The number of hydrogen-bond acceptors (Lipinski definition) is 5. The van der Waals surface area contributed by atoms with E-state index in [0.29, 0.717) is 17.5 Å². The molecule has 2 aromatic carbocycles. The number of fused-ring (bicyclic) bond motifs is 1. The van der Waals surface area contributed by atoms with Crippen molar-refractivity contribution in [3.8, 4) is 0 Å². The number of carbonyl (C=O) groups excluding carboxylic acids is 2. The van der Waals surface area contributed by atoms with Crippen LogP contribution in [0.15, 0.2) is 68.9 Å². The Balaban J connectivity index is 1.63. The zero-order chi connectivity index (χ0) is 19.7. The quantitative estimate of drug-likeness (QED) is 0.516. The first-order valence-corrected chi connectivity index (χ1v) is 8.71. The molecule has 7 heteroatoms. The molecule has 0 saturated carbocycles. The molecule has 0 radical (unpaired) electrons. The van der Waals surface area contributed by atoms with Gasteiger partial charge in [-0.05, 0) is 23.8 Å². The van der Waals surface area contributed by atoms with Crippen LogP contribution in [0.1, 0.15) is 28.8 Å². The summed E-state index contributed by atoms with van der Waals surface area (Å²) in [5.74, 6) is -1.43. The summed E-state index contributed by atoms with van der Waals surface area (Å²) < 4.78 is 18.3. The fraction of sp³-hybridized carbons (Fsp3) is 0.143. The maximum atomic E-state index is 13.3. The van der Waals surface area contributed by atoms with E-state index in [4.69, 9.17) is 4.42 Å². The van der Waals surface area contributed by atoms with Crippen LogP contribution in [0.2, 0.25) is 0 Å². The first-order valence-electron chi connectivity index (χ1n) is 8.71. The van der Waals surface area contributed by atoms with Crippen molar-refractivity contribution in [1.82, 2.24) is 5.01 Å². The topological polar surface area (TPSA) is 80.0 Å². The first kappa shape index (κ1) is 17.8.